The number of thioether (sulfide) groups is 1. The summed E-state index contributed by atoms with van der Waals surface area (Å²) in [6.45, 7) is 4.54. The number of nitro benzene ring substituents is 1. The summed E-state index contributed by atoms with van der Waals surface area (Å²) in [5.41, 5.74) is 2.77. The van der Waals surface area contributed by atoms with E-state index in [-0.39, 0.29) is 15.8 Å². The van der Waals surface area contributed by atoms with Crippen molar-refractivity contribution in [3.05, 3.63) is 69.3 Å². The molecule has 0 saturated carbocycles. The van der Waals surface area contributed by atoms with Gasteiger partial charge in [0.2, 0.25) is 10.0 Å². The molecule has 1 fully saturated rings. The molecule has 8 heteroatoms. The van der Waals surface area contributed by atoms with Gasteiger partial charge in [-0.15, -0.1) is 0 Å². The van der Waals surface area contributed by atoms with Crippen LogP contribution in [-0.2, 0) is 10.0 Å². The number of hydrogen-bond acceptors (Lipinski definition) is 5. The predicted octanol–water partition coefficient (Wildman–Crippen LogP) is 4.08. The number of sulfonamides is 1. The Hall–Kier alpha value is -1.90. The number of rotatable bonds is 4. The Balaban J connectivity index is 1.86. The zero-order valence-electron chi connectivity index (χ0n) is 15.3. The fourth-order valence-electron chi connectivity index (χ4n) is 3.31. The van der Waals surface area contributed by atoms with Crippen molar-refractivity contribution < 1.29 is 13.3 Å². The molecule has 0 aliphatic carbocycles. The van der Waals surface area contributed by atoms with Crippen LogP contribution in [0.25, 0.3) is 0 Å². The van der Waals surface area contributed by atoms with Gasteiger partial charge in [-0.2, -0.15) is 16.1 Å². The molecule has 1 aliphatic heterocycles. The summed E-state index contributed by atoms with van der Waals surface area (Å²) in [7, 11) is -3.77. The molecule has 2 aromatic carbocycles. The van der Waals surface area contributed by atoms with Crippen LogP contribution in [0.5, 0.6) is 0 Å². The van der Waals surface area contributed by atoms with Gasteiger partial charge in [0.1, 0.15) is 0 Å². The lowest BCUT2D eigenvalue weighted by Gasteiger charge is -2.21. The van der Waals surface area contributed by atoms with Crippen molar-refractivity contribution in [2.45, 2.75) is 30.4 Å². The second-order valence-corrected chi connectivity index (χ2v) is 9.83. The minimum Gasteiger partial charge on any atom is -0.258 e. The highest BCUT2D eigenvalue weighted by Gasteiger charge is 2.30. The van der Waals surface area contributed by atoms with Crippen molar-refractivity contribution >= 4 is 27.5 Å². The van der Waals surface area contributed by atoms with Gasteiger partial charge in [-0.05, 0) is 37.0 Å². The maximum Gasteiger partial charge on any atom is 0.270 e. The summed E-state index contributed by atoms with van der Waals surface area (Å²) in [4.78, 5) is 10.5. The molecule has 0 aromatic heterocycles. The van der Waals surface area contributed by atoms with E-state index in [1.165, 1.54) is 33.6 Å². The van der Waals surface area contributed by atoms with E-state index < -0.39 is 14.9 Å². The van der Waals surface area contributed by atoms with Crippen molar-refractivity contribution in [2.75, 3.05) is 18.8 Å². The van der Waals surface area contributed by atoms with Crippen LogP contribution in [0.1, 0.15) is 28.4 Å². The Bertz CT molecular complexity index is 960. The summed E-state index contributed by atoms with van der Waals surface area (Å²) in [5.74, 6) is 0.687. The number of benzene rings is 2. The molecule has 144 valence electrons. The second kappa shape index (κ2) is 8.00. The topological polar surface area (TPSA) is 80.5 Å². The van der Waals surface area contributed by atoms with Crippen LogP contribution in [0.2, 0.25) is 0 Å². The largest absolute Gasteiger partial charge is 0.270 e. The highest BCUT2D eigenvalue weighted by molar-refractivity contribution is 7.99. The first kappa shape index (κ1) is 19.9. The lowest BCUT2D eigenvalue weighted by Crippen LogP contribution is -2.33. The summed E-state index contributed by atoms with van der Waals surface area (Å²) >= 11 is 1.76. The molecular formula is C19H22N2O4S2. The average Bonchev–Trinajstić information content (AvgIpc) is 2.88. The van der Waals surface area contributed by atoms with E-state index in [4.69, 9.17) is 0 Å². The van der Waals surface area contributed by atoms with Gasteiger partial charge in [0.15, 0.2) is 0 Å². The van der Waals surface area contributed by atoms with E-state index in [2.05, 4.69) is 19.1 Å². The van der Waals surface area contributed by atoms with Gasteiger partial charge in [0.25, 0.3) is 5.69 Å². The van der Waals surface area contributed by atoms with Crippen molar-refractivity contribution in [1.29, 1.82) is 0 Å². The number of aryl methyl sites for hydroxylation is 2. The minimum atomic E-state index is -3.77. The molecule has 1 saturated heterocycles. The molecule has 2 aromatic rings. The van der Waals surface area contributed by atoms with E-state index in [1.54, 1.807) is 18.7 Å². The monoisotopic (exact) mass is 406 g/mol. The van der Waals surface area contributed by atoms with Gasteiger partial charge < -0.3 is 0 Å². The Morgan fingerprint density at radius 1 is 1.11 bits per heavy atom. The number of nitrogens with zero attached hydrogens (tertiary/aromatic N) is 2. The van der Waals surface area contributed by atoms with Crippen LogP contribution in [0, 0.1) is 24.0 Å². The molecule has 0 spiro atoms. The Morgan fingerprint density at radius 3 is 2.56 bits per heavy atom. The quantitative estimate of drug-likeness (QED) is 0.564. The predicted molar refractivity (Wildman–Crippen MR) is 108 cm³/mol. The smallest absolute Gasteiger partial charge is 0.258 e. The van der Waals surface area contributed by atoms with Gasteiger partial charge in [0.05, 0.1) is 9.82 Å². The summed E-state index contributed by atoms with van der Waals surface area (Å²) in [5, 5.41) is 11.3. The molecule has 1 unspecified atom stereocenters. The van der Waals surface area contributed by atoms with E-state index in [9.17, 15) is 18.5 Å². The Kier molecular flexibility index (Phi) is 5.88. The van der Waals surface area contributed by atoms with E-state index in [0.29, 0.717) is 30.8 Å². The molecule has 27 heavy (non-hydrogen) atoms. The van der Waals surface area contributed by atoms with Crippen molar-refractivity contribution in [1.82, 2.24) is 4.31 Å². The lowest BCUT2D eigenvalue weighted by atomic mass is 10.0. The fraction of sp³-hybridized carbons (Fsp3) is 0.368. The van der Waals surface area contributed by atoms with E-state index >= 15 is 0 Å². The average molecular weight is 407 g/mol. The first-order valence-corrected chi connectivity index (χ1v) is 11.2. The molecule has 0 bridgehead atoms. The van der Waals surface area contributed by atoms with Crippen LogP contribution in [0.4, 0.5) is 5.69 Å². The van der Waals surface area contributed by atoms with E-state index in [0.717, 1.165) is 0 Å². The number of non-ortho nitro benzene ring substituents is 1. The highest BCUT2D eigenvalue weighted by Crippen LogP contribution is 2.37. The normalized spacial score (nSPS) is 18.8. The molecule has 0 amide bonds. The van der Waals surface area contributed by atoms with Crippen LogP contribution in [0.15, 0.2) is 47.4 Å². The summed E-state index contributed by atoms with van der Waals surface area (Å²) < 4.78 is 27.7. The second-order valence-electron chi connectivity index (χ2n) is 6.62. The molecular weight excluding hydrogens is 384 g/mol. The standard InChI is InChI=1S/C19H22N2O4S2/c1-14-5-3-4-6-17(14)18-9-10-20(11-12-26-18)27(24,25)19-13-16(21(22)23)8-7-15(19)2/h3-8,13,18H,9-12H2,1-2H3. The third-order valence-corrected chi connectivity index (χ3v) is 8.19. The SMILES string of the molecule is Cc1ccccc1C1CCN(S(=O)(=O)c2cc([N+](=O)[O-])ccc2C)CCS1. The maximum atomic E-state index is 13.1. The molecule has 0 N–H and O–H groups in total. The molecule has 0 radical (unpaired) electrons. The van der Waals surface area contributed by atoms with Crippen LogP contribution < -0.4 is 0 Å². The third kappa shape index (κ3) is 4.17. The summed E-state index contributed by atoms with van der Waals surface area (Å²) in [6.07, 6.45) is 0.711. The zero-order valence-corrected chi connectivity index (χ0v) is 16.9. The highest BCUT2D eigenvalue weighted by atomic mass is 32.2. The van der Waals surface area contributed by atoms with E-state index in [1.807, 2.05) is 12.1 Å². The van der Waals surface area contributed by atoms with Crippen molar-refractivity contribution in [3.63, 3.8) is 0 Å². The molecule has 1 aliphatic rings. The van der Waals surface area contributed by atoms with Crippen LogP contribution in [-0.4, -0.2) is 36.5 Å². The first-order valence-electron chi connectivity index (χ1n) is 8.73. The van der Waals surface area contributed by atoms with Gasteiger partial charge in [-0.25, -0.2) is 8.42 Å². The fourth-order valence-corrected chi connectivity index (χ4v) is 6.45. The van der Waals surface area contributed by atoms with Crippen LogP contribution >= 0.6 is 11.8 Å². The molecule has 6 nitrogen and oxygen atoms in total. The van der Waals surface area contributed by atoms with Gasteiger partial charge in [-0.1, -0.05) is 30.3 Å². The zero-order chi connectivity index (χ0) is 19.6. The first-order chi connectivity index (χ1) is 12.8. The Labute approximate surface area is 163 Å². The van der Waals surface area contributed by atoms with Crippen molar-refractivity contribution in [3.8, 4) is 0 Å². The van der Waals surface area contributed by atoms with Crippen molar-refractivity contribution in [2.24, 2.45) is 0 Å². The molecule has 3 rings (SSSR count). The van der Waals surface area contributed by atoms with Gasteiger partial charge >= 0.3 is 0 Å². The third-order valence-electron chi connectivity index (χ3n) is 4.84. The van der Waals surface area contributed by atoms with Gasteiger partial charge in [-0.3, -0.25) is 10.1 Å². The number of nitro groups is 1. The van der Waals surface area contributed by atoms with Gasteiger partial charge in [0, 0.05) is 36.2 Å². The van der Waals surface area contributed by atoms with Crippen LogP contribution in [0.3, 0.4) is 0 Å². The lowest BCUT2D eigenvalue weighted by molar-refractivity contribution is -0.385. The maximum absolute atomic E-state index is 13.1. The summed E-state index contributed by atoms with van der Waals surface area (Å²) in [6, 6.07) is 12.2. The minimum absolute atomic E-state index is 0.0241. The molecule has 1 atom stereocenters. The molecule has 1 heterocycles. The Morgan fingerprint density at radius 2 is 1.85 bits per heavy atom. The number of hydrogen-bond donors (Lipinski definition) is 0.